The van der Waals surface area contributed by atoms with Gasteiger partial charge in [0.05, 0.1) is 7.11 Å². The Hall–Kier alpha value is -2.34. The highest BCUT2D eigenvalue weighted by molar-refractivity contribution is 5.44. The molecule has 0 aliphatic rings. The molecule has 0 spiro atoms. The Morgan fingerprint density at radius 3 is 2.06 bits per heavy atom. The highest BCUT2D eigenvalue weighted by Gasteiger charge is 1.99. The van der Waals surface area contributed by atoms with E-state index in [1.165, 1.54) is 6.07 Å². The van der Waals surface area contributed by atoms with Crippen LogP contribution in [0.25, 0.3) is 0 Å². The molecule has 2 aromatic carbocycles. The van der Waals surface area contributed by atoms with Crippen LogP contribution in [0.3, 0.4) is 0 Å². The van der Waals surface area contributed by atoms with Crippen molar-refractivity contribution in [3.05, 3.63) is 65.2 Å². The summed E-state index contributed by atoms with van der Waals surface area (Å²) in [6.45, 7) is 0. The molecule has 2 aromatic rings. The van der Waals surface area contributed by atoms with E-state index in [9.17, 15) is 8.78 Å². The van der Waals surface area contributed by atoms with Gasteiger partial charge in [-0.2, -0.15) is 0 Å². The van der Waals surface area contributed by atoms with Crippen LogP contribution in [-0.4, -0.2) is 7.11 Å². The second-order valence-electron chi connectivity index (χ2n) is 3.61. The van der Waals surface area contributed by atoms with Crippen molar-refractivity contribution in [2.75, 3.05) is 7.11 Å². The van der Waals surface area contributed by atoms with Gasteiger partial charge in [-0.15, -0.1) is 0 Å². The van der Waals surface area contributed by atoms with E-state index in [0.29, 0.717) is 5.56 Å². The smallest absolute Gasteiger partial charge is 0.160 e. The molecule has 0 fully saturated rings. The maximum Gasteiger partial charge on any atom is 0.160 e. The van der Waals surface area contributed by atoms with E-state index in [1.54, 1.807) is 31.4 Å². The van der Waals surface area contributed by atoms with Crippen LogP contribution in [-0.2, 0) is 0 Å². The number of halogens is 2. The summed E-state index contributed by atoms with van der Waals surface area (Å²) < 4.78 is 30.7. The lowest BCUT2D eigenvalue weighted by Gasteiger charge is -1.97. The minimum Gasteiger partial charge on any atom is -0.497 e. The second-order valence-corrected chi connectivity index (χ2v) is 3.61. The third-order valence-corrected chi connectivity index (χ3v) is 2.36. The van der Waals surface area contributed by atoms with Crippen LogP contribution < -0.4 is 4.74 Å². The van der Waals surface area contributed by atoms with Gasteiger partial charge in [0.15, 0.2) is 11.6 Å². The van der Waals surface area contributed by atoms with E-state index in [2.05, 4.69) is 11.8 Å². The fourth-order valence-electron chi connectivity index (χ4n) is 1.39. The van der Waals surface area contributed by atoms with Gasteiger partial charge in [-0.3, -0.25) is 0 Å². The third-order valence-electron chi connectivity index (χ3n) is 2.36. The van der Waals surface area contributed by atoms with Crippen LogP contribution in [0, 0.1) is 23.5 Å². The predicted molar refractivity (Wildman–Crippen MR) is 65.3 cm³/mol. The summed E-state index contributed by atoms with van der Waals surface area (Å²) in [6, 6.07) is 10.7. The van der Waals surface area contributed by atoms with Gasteiger partial charge < -0.3 is 4.74 Å². The van der Waals surface area contributed by atoms with Crippen LogP contribution in [0.1, 0.15) is 11.1 Å². The number of benzene rings is 2. The molecule has 0 amide bonds. The monoisotopic (exact) mass is 244 g/mol. The van der Waals surface area contributed by atoms with Crippen molar-refractivity contribution in [1.29, 1.82) is 0 Å². The maximum absolute atomic E-state index is 12.9. The van der Waals surface area contributed by atoms with E-state index in [0.717, 1.165) is 23.4 Å². The summed E-state index contributed by atoms with van der Waals surface area (Å²) in [7, 11) is 1.59. The molecule has 0 saturated heterocycles. The zero-order valence-corrected chi connectivity index (χ0v) is 9.71. The van der Waals surface area contributed by atoms with Crippen LogP contribution in [0.2, 0.25) is 0 Å². The topological polar surface area (TPSA) is 9.23 Å². The summed E-state index contributed by atoms with van der Waals surface area (Å²) in [5.41, 5.74) is 1.21. The molecule has 3 heteroatoms. The Morgan fingerprint density at radius 1 is 0.833 bits per heavy atom. The van der Waals surface area contributed by atoms with E-state index < -0.39 is 11.6 Å². The average molecular weight is 244 g/mol. The quantitative estimate of drug-likeness (QED) is 0.699. The standard InChI is InChI=1S/C15H10F2O/c1-18-13-7-4-11(5-8-13)2-3-12-6-9-14(16)15(17)10-12/h4-10H,1H3. The zero-order valence-electron chi connectivity index (χ0n) is 9.71. The number of methoxy groups -OCH3 is 1. The van der Waals surface area contributed by atoms with Gasteiger partial charge in [0, 0.05) is 11.1 Å². The summed E-state index contributed by atoms with van der Waals surface area (Å²) in [4.78, 5) is 0. The second kappa shape index (κ2) is 5.33. The van der Waals surface area contributed by atoms with E-state index in [1.807, 2.05) is 0 Å². The highest BCUT2D eigenvalue weighted by Crippen LogP contribution is 2.11. The summed E-state index contributed by atoms with van der Waals surface area (Å²) in [5, 5.41) is 0. The Morgan fingerprint density at radius 2 is 1.44 bits per heavy atom. The molecule has 0 heterocycles. The van der Waals surface area contributed by atoms with Gasteiger partial charge in [-0.25, -0.2) is 8.78 Å². The molecule has 0 unspecified atom stereocenters. The zero-order chi connectivity index (χ0) is 13.0. The highest BCUT2D eigenvalue weighted by atomic mass is 19.2. The summed E-state index contributed by atoms with van der Waals surface area (Å²) in [5.74, 6) is 4.61. The fourth-order valence-corrected chi connectivity index (χ4v) is 1.39. The molecule has 0 N–H and O–H groups in total. The summed E-state index contributed by atoms with van der Waals surface area (Å²) >= 11 is 0. The minimum atomic E-state index is -0.892. The van der Waals surface area contributed by atoms with Crippen molar-refractivity contribution in [2.45, 2.75) is 0 Å². The Kier molecular flexibility index (Phi) is 3.59. The predicted octanol–water partition coefficient (Wildman–Crippen LogP) is 3.37. The molecule has 0 saturated carbocycles. The molecule has 0 radical (unpaired) electrons. The van der Waals surface area contributed by atoms with Crippen LogP contribution in [0.15, 0.2) is 42.5 Å². The third kappa shape index (κ3) is 2.86. The first kappa shape index (κ1) is 12.1. The normalized spacial score (nSPS) is 9.50. The largest absolute Gasteiger partial charge is 0.497 e. The molecular formula is C15H10F2O. The van der Waals surface area contributed by atoms with Crippen molar-refractivity contribution in [3.8, 4) is 17.6 Å². The van der Waals surface area contributed by atoms with E-state index in [-0.39, 0.29) is 0 Å². The van der Waals surface area contributed by atoms with Crippen molar-refractivity contribution >= 4 is 0 Å². The SMILES string of the molecule is COc1ccc(C#Cc2ccc(F)c(F)c2)cc1. The van der Waals surface area contributed by atoms with Gasteiger partial charge in [-0.05, 0) is 42.5 Å². The van der Waals surface area contributed by atoms with E-state index in [4.69, 9.17) is 4.74 Å². The van der Waals surface area contributed by atoms with Crippen LogP contribution >= 0.6 is 0 Å². The molecule has 0 aliphatic heterocycles. The number of rotatable bonds is 1. The van der Waals surface area contributed by atoms with Crippen molar-refractivity contribution in [3.63, 3.8) is 0 Å². The lowest BCUT2D eigenvalue weighted by molar-refractivity contribution is 0.415. The van der Waals surface area contributed by atoms with Gasteiger partial charge in [0.1, 0.15) is 5.75 Å². The first-order valence-corrected chi connectivity index (χ1v) is 5.30. The van der Waals surface area contributed by atoms with E-state index >= 15 is 0 Å². The van der Waals surface area contributed by atoms with Gasteiger partial charge in [0.25, 0.3) is 0 Å². The molecule has 2 rings (SSSR count). The average Bonchev–Trinajstić information content (AvgIpc) is 2.41. The minimum absolute atomic E-state index is 0.435. The molecule has 1 nitrogen and oxygen atoms in total. The molecule has 90 valence electrons. The first-order valence-electron chi connectivity index (χ1n) is 5.30. The molecule has 0 bridgehead atoms. The lowest BCUT2D eigenvalue weighted by atomic mass is 10.1. The Balaban J connectivity index is 2.22. The van der Waals surface area contributed by atoms with Crippen molar-refractivity contribution in [1.82, 2.24) is 0 Å². The van der Waals surface area contributed by atoms with Gasteiger partial charge >= 0.3 is 0 Å². The molecule has 0 atom stereocenters. The van der Waals surface area contributed by atoms with Crippen LogP contribution in [0.4, 0.5) is 8.78 Å². The van der Waals surface area contributed by atoms with Gasteiger partial charge in [-0.1, -0.05) is 11.8 Å². The molecule has 0 aliphatic carbocycles. The van der Waals surface area contributed by atoms with Crippen molar-refractivity contribution < 1.29 is 13.5 Å². The maximum atomic E-state index is 12.9. The fraction of sp³-hybridized carbons (Fsp3) is 0.0667. The molecule has 18 heavy (non-hydrogen) atoms. The Labute approximate surface area is 104 Å². The number of ether oxygens (including phenoxy) is 1. The number of hydrogen-bond donors (Lipinski definition) is 0. The van der Waals surface area contributed by atoms with Crippen molar-refractivity contribution in [2.24, 2.45) is 0 Å². The first-order chi connectivity index (χ1) is 8.69. The van der Waals surface area contributed by atoms with Crippen LogP contribution in [0.5, 0.6) is 5.75 Å². The molecular weight excluding hydrogens is 234 g/mol. The lowest BCUT2D eigenvalue weighted by Crippen LogP contribution is -1.85. The Bertz CT molecular complexity index is 607. The number of hydrogen-bond acceptors (Lipinski definition) is 1. The molecule has 0 aromatic heterocycles. The summed E-state index contributed by atoms with van der Waals surface area (Å²) in [6.07, 6.45) is 0. The van der Waals surface area contributed by atoms with Gasteiger partial charge in [0.2, 0.25) is 0 Å².